The van der Waals surface area contributed by atoms with Crippen LogP contribution in [0.1, 0.15) is 20.3 Å². The Morgan fingerprint density at radius 2 is 2.00 bits per heavy atom. The van der Waals surface area contributed by atoms with Gasteiger partial charge in [-0.2, -0.15) is 4.31 Å². The summed E-state index contributed by atoms with van der Waals surface area (Å²) < 4.78 is 25.6. The molecule has 0 fully saturated rings. The van der Waals surface area contributed by atoms with Gasteiger partial charge in [-0.25, -0.2) is 24.2 Å². The SMILES string of the molecule is CCC(C)N(C)S(=O)(=O)c1cnc(NN)nc1. The monoisotopic (exact) mass is 259 g/mol. The molecule has 0 saturated carbocycles. The molecule has 0 amide bonds. The predicted octanol–water partition coefficient (Wildman–Crippen LogP) is 0.181. The Kier molecular flexibility index (Phi) is 4.38. The lowest BCUT2D eigenvalue weighted by atomic mass is 10.3. The number of sulfonamides is 1. The highest BCUT2D eigenvalue weighted by atomic mass is 32.2. The number of nitrogens with zero attached hydrogens (tertiary/aromatic N) is 3. The van der Waals surface area contributed by atoms with Crippen LogP contribution in [0.4, 0.5) is 5.95 Å². The van der Waals surface area contributed by atoms with Crippen LogP contribution in [0.15, 0.2) is 17.3 Å². The van der Waals surface area contributed by atoms with Crippen LogP contribution < -0.4 is 11.3 Å². The zero-order valence-electron chi connectivity index (χ0n) is 10.1. The molecular weight excluding hydrogens is 242 g/mol. The van der Waals surface area contributed by atoms with Gasteiger partial charge in [-0.05, 0) is 13.3 Å². The first-order chi connectivity index (χ1) is 7.93. The number of nitrogens with one attached hydrogen (secondary N) is 1. The fraction of sp³-hybridized carbons (Fsp3) is 0.556. The van der Waals surface area contributed by atoms with Crippen LogP contribution in [0.5, 0.6) is 0 Å². The van der Waals surface area contributed by atoms with E-state index in [1.165, 1.54) is 16.7 Å². The van der Waals surface area contributed by atoms with Crippen molar-refractivity contribution in [3.63, 3.8) is 0 Å². The van der Waals surface area contributed by atoms with Crippen molar-refractivity contribution >= 4 is 16.0 Å². The summed E-state index contributed by atoms with van der Waals surface area (Å²) in [4.78, 5) is 7.61. The molecule has 0 radical (unpaired) electrons. The van der Waals surface area contributed by atoms with E-state index in [1.54, 1.807) is 7.05 Å². The van der Waals surface area contributed by atoms with Crippen molar-refractivity contribution in [2.45, 2.75) is 31.2 Å². The van der Waals surface area contributed by atoms with Crippen LogP contribution >= 0.6 is 0 Å². The first-order valence-corrected chi connectivity index (χ1v) is 6.64. The molecule has 1 heterocycles. The Bertz CT molecular complexity index is 459. The second-order valence-electron chi connectivity index (χ2n) is 3.67. The van der Waals surface area contributed by atoms with Crippen molar-refractivity contribution in [3.8, 4) is 0 Å². The van der Waals surface area contributed by atoms with Crippen molar-refractivity contribution in [1.29, 1.82) is 0 Å². The average Bonchev–Trinajstić information content (AvgIpc) is 2.36. The quantitative estimate of drug-likeness (QED) is 0.578. The molecule has 0 spiro atoms. The summed E-state index contributed by atoms with van der Waals surface area (Å²) in [5, 5.41) is 0. The van der Waals surface area contributed by atoms with Gasteiger partial charge in [-0.3, -0.25) is 5.43 Å². The Hall–Kier alpha value is -1.25. The maximum Gasteiger partial charge on any atom is 0.246 e. The normalized spacial score (nSPS) is 13.7. The van der Waals surface area contributed by atoms with Crippen LogP contribution in [-0.4, -0.2) is 35.8 Å². The third kappa shape index (κ3) is 2.90. The van der Waals surface area contributed by atoms with Crippen molar-refractivity contribution in [3.05, 3.63) is 12.4 Å². The predicted molar refractivity (Wildman–Crippen MR) is 64.5 cm³/mol. The maximum absolute atomic E-state index is 12.1. The third-order valence-corrected chi connectivity index (χ3v) is 4.57. The standard InChI is InChI=1S/C9H17N5O2S/c1-4-7(2)14(3)17(15,16)8-5-11-9(13-10)12-6-8/h5-7H,4,10H2,1-3H3,(H,11,12,13). The average molecular weight is 259 g/mol. The van der Waals surface area contributed by atoms with E-state index in [2.05, 4.69) is 15.4 Å². The number of hydrogen-bond acceptors (Lipinski definition) is 6. The van der Waals surface area contributed by atoms with Gasteiger partial charge in [-0.1, -0.05) is 6.92 Å². The maximum atomic E-state index is 12.1. The van der Waals surface area contributed by atoms with Crippen molar-refractivity contribution < 1.29 is 8.42 Å². The first-order valence-electron chi connectivity index (χ1n) is 5.20. The van der Waals surface area contributed by atoms with E-state index in [-0.39, 0.29) is 16.9 Å². The number of anilines is 1. The highest BCUT2D eigenvalue weighted by molar-refractivity contribution is 7.89. The minimum absolute atomic E-state index is 0.0549. The van der Waals surface area contributed by atoms with Crippen LogP contribution in [0.25, 0.3) is 0 Å². The molecule has 0 aliphatic carbocycles. The second-order valence-corrected chi connectivity index (χ2v) is 5.66. The topological polar surface area (TPSA) is 101 Å². The lowest BCUT2D eigenvalue weighted by Gasteiger charge is -2.22. The number of nitrogen functional groups attached to an aromatic ring is 1. The minimum Gasteiger partial charge on any atom is -0.292 e. The summed E-state index contributed by atoms with van der Waals surface area (Å²) in [5.41, 5.74) is 2.24. The molecule has 8 heteroatoms. The molecular formula is C9H17N5O2S. The molecule has 0 bridgehead atoms. The molecule has 1 aromatic heterocycles. The van der Waals surface area contributed by atoms with Gasteiger partial charge in [0.2, 0.25) is 16.0 Å². The van der Waals surface area contributed by atoms with E-state index < -0.39 is 10.0 Å². The molecule has 1 rings (SSSR count). The summed E-state index contributed by atoms with van der Waals surface area (Å²) in [6.07, 6.45) is 3.20. The van der Waals surface area contributed by atoms with Gasteiger partial charge in [0.15, 0.2) is 0 Å². The Morgan fingerprint density at radius 3 is 2.41 bits per heavy atom. The minimum atomic E-state index is -3.54. The molecule has 0 saturated heterocycles. The van der Waals surface area contributed by atoms with Crippen molar-refractivity contribution in [1.82, 2.24) is 14.3 Å². The van der Waals surface area contributed by atoms with E-state index in [9.17, 15) is 8.42 Å². The summed E-state index contributed by atoms with van der Waals surface area (Å²) in [7, 11) is -2.00. The lowest BCUT2D eigenvalue weighted by molar-refractivity contribution is 0.380. The van der Waals surface area contributed by atoms with Gasteiger partial charge in [0.1, 0.15) is 4.90 Å². The summed E-state index contributed by atoms with van der Waals surface area (Å²) >= 11 is 0. The second kappa shape index (κ2) is 5.39. The van der Waals surface area contributed by atoms with Gasteiger partial charge >= 0.3 is 0 Å². The van der Waals surface area contributed by atoms with Crippen LogP contribution in [0.2, 0.25) is 0 Å². The van der Waals surface area contributed by atoms with Gasteiger partial charge in [0.25, 0.3) is 0 Å². The molecule has 7 nitrogen and oxygen atoms in total. The van der Waals surface area contributed by atoms with Crippen LogP contribution in [-0.2, 0) is 10.0 Å². The molecule has 1 aromatic rings. The Morgan fingerprint density at radius 1 is 1.47 bits per heavy atom. The summed E-state index contributed by atoms with van der Waals surface area (Å²) in [6.45, 7) is 3.77. The number of hydrazine groups is 1. The third-order valence-electron chi connectivity index (χ3n) is 2.65. The van der Waals surface area contributed by atoms with E-state index in [0.29, 0.717) is 0 Å². The summed E-state index contributed by atoms with van der Waals surface area (Å²) in [5.74, 6) is 5.28. The van der Waals surface area contributed by atoms with Gasteiger partial charge in [-0.15, -0.1) is 0 Å². The first kappa shape index (κ1) is 13.8. The zero-order chi connectivity index (χ0) is 13.1. The van der Waals surface area contributed by atoms with E-state index in [1.807, 2.05) is 13.8 Å². The highest BCUT2D eigenvalue weighted by Gasteiger charge is 2.25. The van der Waals surface area contributed by atoms with Crippen molar-refractivity contribution in [2.75, 3.05) is 12.5 Å². The Labute approximate surface area is 101 Å². The molecule has 1 atom stereocenters. The summed E-state index contributed by atoms with van der Waals surface area (Å²) in [6, 6.07) is -0.0766. The Balaban J connectivity index is 3.04. The fourth-order valence-electron chi connectivity index (χ4n) is 1.18. The number of hydrogen-bond donors (Lipinski definition) is 2. The van der Waals surface area contributed by atoms with E-state index in [4.69, 9.17) is 5.84 Å². The van der Waals surface area contributed by atoms with Crippen LogP contribution in [0, 0.1) is 0 Å². The smallest absolute Gasteiger partial charge is 0.246 e. The molecule has 96 valence electrons. The van der Waals surface area contributed by atoms with Gasteiger partial charge < -0.3 is 0 Å². The number of rotatable bonds is 5. The number of nitrogens with two attached hydrogens (primary N) is 1. The lowest BCUT2D eigenvalue weighted by Crippen LogP contribution is -2.34. The molecule has 0 aliphatic heterocycles. The van der Waals surface area contributed by atoms with E-state index >= 15 is 0 Å². The molecule has 17 heavy (non-hydrogen) atoms. The molecule has 1 unspecified atom stereocenters. The molecule has 0 aromatic carbocycles. The van der Waals surface area contributed by atoms with Crippen molar-refractivity contribution in [2.24, 2.45) is 5.84 Å². The molecule has 0 aliphatic rings. The van der Waals surface area contributed by atoms with E-state index in [0.717, 1.165) is 6.42 Å². The zero-order valence-corrected chi connectivity index (χ0v) is 10.9. The fourth-order valence-corrected chi connectivity index (χ4v) is 2.51. The van der Waals surface area contributed by atoms with Gasteiger partial charge in [0, 0.05) is 13.1 Å². The van der Waals surface area contributed by atoms with Gasteiger partial charge in [0.05, 0.1) is 12.4 Å². The largest absolute Gasteiger partial charge is 0.292 e. The van der Waals surface area contributed by atoms with Crippen LogP contribution in [0.3, 0.4) is 0 Å². The highest BCUT2D eigenvalue weighted by Crippen LogP contribution is 2.16. The molecule has 3 N–H and O–H groups in total. The number of aromatic nitrogens is 2.